The second-order valence-electron chi connectivity index (χ2n) is 4.00. The highest BCUT2D eigenvalue weighted by atomic mass is 28.5. The van der Waals surface area contributed by atoms with Gasteiger partial charge < -0.3 is 12.3 Å². The van der Waals surface area contributed by atoms with Gasteiger partial charge in [0.25, 0.3) is 0 Å². The second-order valence-corrected chi connectivity index (χ2v) is 12.8. The summed E-state index contributed by atoms with van der Waals surface area (Å²) in [6, 6.07) is 1.06. The summed E-state index contributed by atoms with van der Waals surface area (Å²) in [5.74, 6) is 0. The fourth-order valence-electron chi connectivity index (χ4n) is 1.58. The highest BCUT2D eigenvalue weighted by molar-refractivity contribution is 6.82. The molecule has 7 heteroatoms. The molecule has 0 aromatic heterocycles. The maximum Gasteiger partial charge on any atom is 0.315 e. The monoisotopic (exact) mass is 278 g/mol. The van der Waals surface area contributed by atoms with Gasteiger partial charge in [0, 0.05) is 0 Å². The van der Waals surface area contributed by atoms with Gasteiger partial charge in [-0.2, -0.15) is 0 Å². The van der Waals surface area contributed by atoms with Crippen LogP contribution in [0.3, 0.4) is 0 Å². The molecule has 0 N–H and O–H groups in total. The van der Waals surface area contributed by atoms with Gasteiger partial charge in [0.1, 0.15) is 0 Å². The van der Waals surface area contributed by atoms with Gasteiger partial charge in [-0.1, -0.05) is 13.3 Å². The van der Waals surface area contributed by atoms with Gasteiger partial charge in [-0.3, -0.25) is 0 Å². The molecule has 1 atom stereocenters. The van der Waals surface area contributed by atoms with Crippen LogP contribution in [0.5, 0.6) is 0 Å². The molecular weight excluding hydrogens is 256 g/mol. The Morgan fingerprint density at radius 1 is 1.00 bits per heavy atom. The molecule has 3 nitrogen and oxygen atoms in total. The lowest BCUT2D eigenvalue weighted by Gasteiger charge is -2.34. The molecule has 15 heavy (non-hydrogen) atoms. The zero-order valence-corrected chi connectivity index (χ0v) is 14.6. The Morgan fingerprint density at radius 2 is 1.53 bits per heavy atom. The Morgan fingerprint density at radius 3 is 1.93 bits per heavy atom. The first-order valence-electron chi connectivity index (χ1n) is 5.29. The van der Waals surface area contributed by atoms with Crippen LogP contribution in [0.1, 0.15) is 13.3 Å². The molecule has 0 spiro atoms. The molecule has 0 heterocycles. The number of hydrogen-bond donors (Lipinski definition) is 0. The molecule has 4 radical (unpaired) electrons. The molecule has 0 aliphatic rings. The van der Waals surface area contributed by atoms with E-state index in [1.165, 1.54) is 0 Å². The van der Waals surface area contributed by atoms with Crippen molar-refractivity contribution in [3.63, 3.8) is 0 Å². The minimum absolute atomic E-state index is 0.505. The van der Waals surface area contributed by atoms with Crippen LogP contribution in [-0.2, 0) is 12.3 Å². The third kappa shape index (κ3) is 6.82. The quantitative estimate of drug-likeness (QED) is 0.639. The van der Waals surface area contributed by atoms with E-state index in [2.05, 4.69) is 33.1 Å². The summed E-state index contributed by atoms with van der Waals surface area (Å²) in [5.41, 5.74) is 0. The van der Waals surface area contributed by atoms with Gasteiger partial charge >= 0.3 is 17.1 Å². The van der Waals surface area contributed by atoms with Crippen molar-refractivity contribution < 1.29 is 12.3 Å². The van der Waals surface area contributed by atoms with Gasteiger partial charge in [0.2, 0.25) is 19.5 Å². The highest BCUT2D eigenvalue weighted by Crippen LogP contribution is 2.21. The van der Waals surface area contributed by atoms with Crippen LogP contribution in [0.4, 0.5) is 0 Å². The molecule has 0 fully saturated rings. The zero-order chi connectivity index (χ0) is 11.9. The van der Waals surface area contributed by atoms with Crippen LogP contribution in [0.25, 0.3) is 0 Å². The van der Waals surface area contributed by atoms with E-state index >= 15 is 0 Å². The predicted octanol–water partition coefficient (Wildman–Crippen LogP) is 2.55. The van der Waals surface area contributed by atoms with E-state index in [1.54, 1.807) is 0 Å². The van der Waals surface area contributed by atoms with E-state index in [0.29, 0.717) is 19.5 Å². The molecule has 0 aliphatic heterocycles. The highest BCUT2D eigenvalue weighted by Gasteiger charge is 2.38. The van der Waals surface area contributed by atoms with Gasteiger partial charge in [0.05, 0.1) is 0 Å². The van der Waals surface area contributed by atoms with E-state index in [-0.39, 0.29) is 0 Å². The fourth-order valence-corrected chi connectivity index (χ4v) is 12.2. The lowest BCUT2D eigenvalue weighted by molar-refractivity contribution is 0.339. The minimum Gasteiger partial charge on any atom is -0.437 e. The van der Waals surface area contributed by atoms with Crippen molar-refractivity contribution in [2.75, 3.05) is 0 Å². The first-order chi connectivity index (χ1) is 6.89. The molecule has 0 aromatic carbocycles. The van der Waals surface area contributed by atoms with Gasteiger partial charge in [0.15, 0.2) is 0 Å². The van der Waals surface area contributed by atoms with Gasteiger partial charge in [-0.25, -0.2) is 0 Å². The van der Waals surface area contributed by atoms with Gasteiger partial charge in [-0.05, 0) is 38.8 Å². The Kier molecular flexibility index (Phi) is 7.50. The SMILES string of the molecule is CCC[Si](C)(O[Si]C)O[Si](C)(C)O[Si]C. The van der Waals surface area contributed by atoms with Crippen LogP contribution in [0.15, 0.2) is 0 Å². The standard InChI is InChI=1S/C8H22O3Si4/c1-7-8-15(6,10-13-3)11-14(4,5)9-12-2/h7-8H2,1-6H3. The van der Waals surface area contributed by atoms with Crippen molar-refractivity contribution in [1.29, 1.82) is 0 Å². The molecule has 0 bridgehead atoms. The third-order valence-electron chi connectivity index (χ3n) is 1.83. The average Bonchev–Trinajstić information content (AvgIpc) is 2.02. The summed E-state index contributed by atoms with van der Waals surface area (Å²) in [6.45, 7) is 12.6. The van der Waals surface area contributed by atoms with E-state index in [4.69, 9.17) is 12.3 Å². The van der Waals surface area contributed by atoms with E-state index in [0.717, 1.165) is 12.5 Å². The molecule has 0 aromatic rings. The topological polar surface area (TPSA) is 27.7 Å². The van der Waals surface area contributed by atoms with Crippen molar-refractivity contribution in [2.24, 2.45) is 0 Å². The molecule has 88 valence electrons. The summed E-state index contributed by atoms with van der Waals surface area (Å²) in [4.78, 5) is 0. The summed E-state index contributed by atoms with van der Waals surface area (Å²) in [6.07, 6.45) is 1.12. The summed E-state index contributed by atoms with van der Waals surface area (Å²) >= 11 is 0. The Hall–Kier alpha value is 0.748. The largest absolute Gasteiger partial charge is 0.437 e. The molecule has 0 saturated heterocycles. The molecule has 0 rings (SSSR count). The molecule has 1 unspecified atom stereocenters. The summed E-state index contributed by atoms with van der Waals surface area (Å²) in [5, 5.41) is 0. The van der Waals surface area contributed by atoms with Crippen LogP contribution < -0.4 is 0 Å². The lowest BCUT2D eigenvalue weighted by atomic mass is 10.6. The minimum atomic E-state index is -1.97. The smallest absolute Gasteiger partial charge is 0.315 e. The molecular formula is C8H22O3Si4. The van der Waals surface area contributed by atoms with E-state index in [1.807, 2.05) is 6.55 Å². The Bertz CT molecular complexity index is 171. The molecule has 0 amide bonds. The van der Waals surface area contributed by atoms with Crippen molar-refractivity contribution in [3.05, 3.63) is 0 Å². The fraction of sp³-hybridized carbons (Fsp3) is 1.00. The third-order valence-corrected chi connectivity index (χ3v) is 12.3. The predicted molar refractivity (Wildman–Crippen MR) is 70.7 cm³/mol. The second kappa shape index (κ2) is 7.15. The maximum absolute atomic E-state index is 6.19. The van der Waals surface area contributed by atoms with Crippen molar-refractivity contribution >= 4 is 36.6 Å². The van der Waals surface area contributed by atoms with Crippen molar-refractivity contribution in [2.45, 2.75) is 52.1 Å². The normalized spacial score (nSPS) is 16.4. The Labute approximate surface area is 101 Å². The van der Waals surface area contributed by atoms with Crippen LogP contribution in [0.2, 0.25) is 38.8 Å². The van der Waals surface area contributed by atoms with Crippen LogP contribution >= 0.6 is 0 Å². The first kappa shape index (κ1) is 15.7. The van der Waals surface area contributed by atoms with Crippen LogP contribution in [-0.4, -0.2) is 36.6 Å². The van der Waals surface area contributed by atoms with E-state index < -0.39 is 17.1 Å². The average molecular weight is 279 g/mol. The van der Waals surface area contributed by atoms with Crippen molar-refractivity contribution in [3.8, 4) is 0 Å². The first-order valence-corrected chi connectivity index (χ1v) is 13.4. The van der Waals surface area contributed by atoms with E-state index in [9.17, 15) is 0 Å². The van der Waals surface area contributed by atoms with Crippen molar-refractivity contribution in [1.82, 2.24) is 0 Å². The van der Waals surface area contributed by atoms with Crippen LogP contribution in [0, 0.1) is 0 Å². The molecule has 0 aliphatic carbocycles. The Balaban J connectivity index is 4.37. The molecule has 0 saturated carbocycles. The maximum atomic E-state index is 6.19. The number of rotatable bonds is 8. The zero-order valence-electron chi connectivity index (χ0n) is 10.6. The van der Waals surface area contributed by atoms with Gasteiger partial charge in [-0.15, -0.1) is 0 Å². The lowest BCUT2D eigenvalue weighted by Crippen LogP contribution is -2.51. The summed E-state index contributed by atoms with van der Waals surface area (Å²) in [7, 11) is -2.91. The number of hydrogen-bond acceptors (Lipinski definition) is 3. The summed E-state index contributed by atoms with van der Waals surface area (Å²) < 4.78 is 17.8.